The van der Waals surface area contributed by atoms with E-state index in [2.05, 4.69) is 31.0 Å². The molecular weight excluding hydrogens is 179 g/mol. The smallest absolute Gasteiger partial charge is 0.148 e. The van der Waals surface area contributed by atoms with Gasteiger partial charge in [0.25, 0.3) is 0 Å². The van der Waals surface area contributed by atoms with Crippen molar-refractivity contribution < 1.29 is 4.39 Å². The van der Waals surface area contributed by atoms with Crippen LogP contribution in [0.5, 0.6) is 0 Å². The second-order valence-electron chi connectivity index (χ2n) is 4.48. The molecule has 3 heteroatoms. The van der Waals surface area contributed by atoms with Gasteiger partial charge in [0.05, 0.1) is 5.69 Å². The first-order chi connectivity index (χ1) is 6.50. The Morgan fingerprint density at radius 1 is 1.29 bits per heavy atom. The number of fused-ring (bicyclic) bond motifs is 1. The van der Waals surface area contributed by atoms with E-state index in [1.165, 1.54) is 6.07 Å². The Hall–Kier alpha value is -1.38. The molecule has 0 bridgehead atoms. The van der Waals surface area contributed by atoms with Gasteiger partial charge in [-0.3, -0.25) is 5.10 Å². The number of benzene rings is 1. The summed E-state index contributed by atoms with van der Waals surface area (Å²) in [5.74, 6) is -0.245. The molecule has 2 nitrogen and oxygen atoms in total. The molecule has 0 atom stereocenters. The van der Waals surface area contributed by atoms with E-state index in [0.29, 0.717) is 5.52 Å². The first kappa shape index (κ1) is 9.19. The standard InChI is InChI=1S/C11H13FN2/c1-11(2,3)10-7-5-4-6-8(12)9(7)13-14-10/h4-6H,1-3H3,(H,13,14). The average molecular weight is 192 g/mol. The molecular formula is C11H13FN2. The minimum Gasteiger partial charge on any atom is -0.275 e. The van der Waals surface area contributed by atoms with Crippen LogP contribution in [0.15, 0.2) is 18.2 Å². The molecule has 0 aliphatic heterocycles. The summed E-state index contributed by atoms with van der Waals surface area (Å²) >= 11 is 0. The molecule has 0 radical (unpaired) electrons. The van der Waals surface area contributed by atoms with Crippen molar-refractivity contribution in [3.63, 3.8) is 0 Å². The Bertz CT molecular complexity index is 466. The number of H-pyrrole nitrogens is 1. The van der Waals surface area contributed by atoms with Crippen molar-refractivity contribution in [1.82, 2.24) is 10.2 Å². The van der Waals surface area contributed by atoms with Crippen LogP contribution >= 0.6 is 0 Å². The Kier molecular flexibility index (Phi) is 1.84. The van der Waals surface area contributed by atoms with E-state index in [9.17, 15) is 4.39 Å². The SMILES string of the molecule is CC(C)(C)c1n[nH]c2c(F)cccc12. The first-order valence-electron chi connectivity index (χ1n) is 4.63. The second kappa shape index (κ2) is 2.80. The minimum atomic E-state index is -0.245. The van der Waals surface area contributed by atoms with E-state index in [4.69, 9.17) is 0 Å². The van der Waals surface area contributed by atoms with Crippen LogP contribution in [-0.4, -0.2) is 10.2 Å². The van der Waals surface area contributed by atoms with Crippen LogP contribution in [0.4, 0.5) is 4.39 Å². The summed E-state index contributed by atoms with van der Waals surface area (Å²) in [6.45, 7) is 6.19. The summed E-state index contributed by atoms with van der Waals surface area (Å²) in [6.07, 6.45) is 0. The summed E-state index contributed by atoms with van der Waals surface area (Å²) in [7, 11) is 0. The zero-order chi connectivity index (χ0) is 10.3. The highest BCUT2D eigenvalue weighted by Crippen LogP contribution is 2.28. The number of halogens is 1. The van der Waals surface area contributed by atoms with E-state index in [1.54, 1.807) is 6.07 Å². The summed E-state index contributed by atoms with van der Waals surface area (Å²) < 4.78 is 13.3. The van der Waals surface area contributed by atoms with Crippen LogP contribution in [0.3, 0.4) is 0 Å². The van der Waals surface area contributed by atoms with E-state index >= 15 is 0 Å². The van der Waals surface area contributed by atoms with E-state index in [1.807, 2.05) is 6.07 Å². The van der Waals surface area contributed by atoms with Gasteiger partial charge in [0.1, 0.15) is 11.3 Å². The average Bonchev–Trinajstić information content (AvgIpc) is 2.47. The first-order valence-corrected chi connectivity index (χ1v) is 4.63. The van der Waals surface area contributed by atoms with Gasteiger partial charge >= 0.3 is 0 Å². The molecule has 0 spiro atoms. The summed E-state index contributed by atoms with van der Waals surface area (Å²) in [4.78, 5) is 0. The third-order valence-corrected chi connectivity index (χ3v) is 2.26. The van der Waals surface area contributed by atoms with Gasteiger partial charge in [-0.2, -0.15) is 5.10 Å². The van der Waals surface area contributed by atoms with Crippen molar-refractivity contribution in [2.24, 2.45) is 0 Å². The highest BCUT2D eigenvalue weighted by Gasteiger charge is 2.20. The second-order valence-corrected chi connectivity index (χ2v) is 4.48. The Morgan fingerprint density at radius 2 is 2.00 bits per heavy atom. The lowest BCUT2D eigenvalue weighted by atomic mass is 9.90. The summed E-state index contributed by atoms with van der Waals surface area (Å²) in [5.41, 5.74) is 1.34. The van der Waals surface area contributed by atoms with Crippen LogP contribution < -0.4 is 0 Å². The van der Waals surface area contributed by atoms with Crippen molar-refractivity contribution in [2.75, 3.05) is 0 Å². The van der Waals surface area contributed by atoms with Gasteiger partial charge in [0.2, 0.25) is 0 Å². The lowest BCUT2D eigenvalue weighted by Gasteiger charge is -2.15. The molecule has 0 aliphatic carbocycles. The molecule has 1 aromatic heterocycles. The zero-order valence-corrected chi connectivity index (χ0v) is 8.56. The van der Waals surface area contributed by atoms with Gasteiger partial charge < -0.3 is 0 Å². The van der Waals surface area contributed by atoms with E-state index < -0.39 is 0 Å². The van der Waals surface area contributed by atoms with Crippen molar-refractivity contribution in [1.29, 1.82) is 0 Å². The van der Waals surface area contributed by atoms with Gasteiger partial charge in [-0.05, 0) is 6.07 Å². The maximum atomic E-state index is 13.3. The number of nitrogens with zero attached hydrogens (tertiary/aromatic N) is 1. The monoisotopic (exact) mass is 192 g/mol. The topological polar surface area (TPSA) is 28.7 Å². The number of nitrogens with one attached hydrogen (secondary N) is 1. The molecule has 0 amide bonds. The van der Waals surface area contributed by atoms with Crippen molar-refractivity contribution in [2.45, 2.75) is 26.2 Å². The van der Waals surface area contributed by atoms with Crippen LogP contribution in [0.1, 0.15) is 26.5 Å². The van der Waals surface area contributed by atoms with Gasteiger partial charge in [0.15, 0.2) is 0 Å². The van der Waals surface area contributed by atoms with Crippen molar-refractivity contribution >= 4 is 10.9 Å². The maximum absolute atomic E-state index is 13.3. The van der Waals surface area contributed by atoms with Crippen LogP contribution in [0, 0.1) is 5.82 Å². The predicted molar refractivity (Wildman–Crippen MR) is 54.8 cm³/mol. The molecule has 1 aromatic carbocycles. The normalized spacial score (nSPS) is 12.3. The van der Waals surface area contributed by atoms with Gasteiger partial charge in [-0.1, -0.05) is 32.9 Å². The lowest BCUT2D eigenvalue weighted by Crippen LogP contribution is -2.11. The number of hydrogen-bond donors (Lipinski definition) is 1. The fraction of sp³-hybridized carbons (Fsp3) is 0.364. The minimum absolute atomic E-state index is 0.0634. The molecule has 0 unspecified atom stereocenters. The third-order valence-electron chi connectivity index (χ3n) is 2.26. The number of para-hydroxylation sites is 1. The molecule has 0 saturated carbocycles. The molecule has 1 heterocycles. The van der Waals surface area contributed by atoms with Crippen molar-refractivity contribution in [3.05, 3.63) is 29.7 Å². The molecule has 74 valence electrons. The number of rotatable bonds is 0. The molecule has 0 saturated heterocycles. The van der Waals surface area contributed by atoms with Crippen LogP contribution in [-0.2, 0) is 5.41 Å². The summed E-state index contributed by atoms with van der Waals surface area (Å²) in [5, 5.41) is 7.77. The Balaban J connectivity index is 2.76. The third kappa shape index (κ3) is 1.29. The predicted octanol–water partition coefficient (Wildman–Crippen LogP) is 3.00. The van der Waals surface area contributed by atoms with E-state index in [-0.39, 0.29) is 11.2 Å². The van der Waals surface area contributed by atoms with Gasteiger partial charge in [-0.25, -0.2) is 4.39 Å². The fourth-order valence-corrected chi connectivity index (χ4v) is 1.58. The quantitative estimate of drug-likeness (QED) is 0.683. The number of aromatic nitrogens is 2. The number of aromatic amines is 1. The molecule has 0 fully saturated rings. The highest BCUT2D eigenvalue weighted by atomic mass is 19.1. The van der Waals surface area contributed by atoms with Gasteiger partial charge in [-0.15, -0.1) is 0 Å². The summed E-state index contributed by atoms with van der Waals surface area (Å²) in [6, 6.07) is 5.04. The fourth-order valence-electron chi connectivity index (χ4n) is 1.58. The number of hydrogen-bond acceptors (Lipinski definition) is 1. The largest absolute Gasteiger partial charge is 0.275 e. The highest BCUT2D eigenvalue weighted by molar-refractivity contribution is 5.82. The van der Waals surface area contributed by atoms with Crippen LogP contribution in [0.2, 0.25) is 0 Å². The lowest BCUT2D eigenvalue weighted by molar-refractivity contribution is 0.571. The molecule has 14 heavy (non-hydrogen) atoms. The van der Waals surface area contributed by atoms with E-state index in [0.717, 1.165) is 11.1 Å². The Labute approximate surface area is 82.1 Å². The maximum Gasteiger partial charge on any atom is 0.148 e. The molecule has 0 aliphatic rings. The van der Waals surface area contributed by atoms with Gasteiger partial charge in [0, 0.05) is 10.8 Å². The zero-order valence-electron chi connectivity index (χ0n) is 8.56. The molecule has 1 N–H and O–H groups in total. The Morgan fingerprint density at radius 3 is 2.64 bits per heavy atom. The van der Waals surface area contributed by atoms with Crippen molar-refractivity contribution in [3.8, 4) is 0 Å². The molecule has 2 rings (SSSR count). The molecule has 2 aromatic rings. The van der Waals surface area contributed by atoms with Crippen LogP contribution in [0.25, 0.3) is 10.9 Å².